The molecule has 0 fully saturated rings. The van der Waals surface area contributed by atoms with E-state index in [0.29, 0.717) is 0 Å². The summed E-state index contributed by atoms with van der Waals surface area (Å²) in [5.74, 6) is 1.61. The summed E-state index contributed by atoms with van der Waals surface area (Å²) >= 11 is 1.89. The molecule has 0 bridgehead atoms. The van der Waals surface area contributed by atoms with E-state index < -0.39 is 0 Å². The molecule has 0 amide bonds. The molecule has 0 spiro atoms. The summed E-state index contributed by atoms with van der Waals surface area (Å²) in [6.45, 7) is 0. The number of nitrogens with zero attached hydrogens (tertiary/aromatic N) is 4. The van der Waals surface area contributed by atoms with Crippen molar-refractivity contribution >= 4 is 86.5 Å². The molecule has 14 rings (SSSR count). The molecule has 1 atom stereocenters. The van der Waals surface area contributed by atoms with Crippen LogP contribution >= 0.6 is 11.3 Å². The molecule has 5 heteroatoms. The summed E-state index contributed by atoms with van der Waals surface area (Å²) in [5, 5.41) is 10.2. The van der Waals surface area contributed by atoms with Crippen molar-refractivity contribution in [2.45, 2.75) is 6.17 Å². The zero-order chi connectivity index (χ0) is 47.0. The molecule has 71 heavy (non-hydrogen) atoms. The van der Waals surface area contributed by atoms with E-state index in [1.54, 1.807) is 0 Å². The second-order valence-electron chi connectivity index (χ2n) is 18.5. The first-order valence-corrected chi connectivity index (χ1v) is 25.0. The molecule has 334 valence electrons. The number of rotatable bonds is 7. The average Bonchev–Trinajstić information content (AvgIpc) is 3.99. The zero-order valence-corrected chi connectivity index (χ0v) is 39.7. The summed E-state index contributed by atoms with van der Waals surface area (Å²) in [6, 6.07) is 88.1. The highest BCUT2D eigenvalue weighted by Gasteiger charge is 2.27. The van der Waals surface area contributed by atoms with Gasteiger partial charge in [-0.2, -0.15) is 0 Å². The van der Waals surface area contributed by atoms with Crippen LogP contribution in [0.2, 0.25) is 0 Å². The Morgan fingerprint density at radius 3 is 1.72 bits per heavy atom. The van der Waals surface area contributed by atoms with E-state index in [1.165, 1.54) is 96.9 Å². The fourth-order valence-corrected chi connectivity index (χ4v) is 12.1. The first-order chi connectivity index (χ1) is 35.1. The number of hydrogen-bond donors (Lipinski definition) is 0. The molecule has 2 aromatic heterocycles. The van der Waals surface area contributed by atoms with Gasteiger partial charge in [0, 0.05) is 54.8 Å². The maximum Gasteiger partial charge on any atom is 0.159 e. The molecular formula is C66H44N4S. The SMILES string of the molecule is CN1C(c2ccc(-c3ccccc3)cc2)=NC(c2ccccc2)=NC1c1ccc(-n2c3ccc(-c4cc5sc6ccc(-c7ccccc7)cc6c5c5ccccc45)cc3c3c4ccccc4ccc32)cc1. The van der Waals surface area contributed by atoms with Crippen LogP contribution in [0.25, 0.3) is 103 Å². The summed E-state index contributed by atoms with van der Waals surface area (Å²) < 4.78 is 5.04. The largest absolute Gasteiger partial charge is 0.333 e. The van der Waals surface area contributed by atoms with E-state index in [1.807, 2.05) is 17.4 Å². The van der Waals surface area contributed by atoms with Crippen LogP contribution in [0, 0.1) is 0 Å². The molecule has 13 aromatic rings. The van der Waals surface area contributed by atoms with Crippen molar-refractivity contribution in [2.75, 3.05) is 7.05 Å². The molecule has 1 aliphatic rings. The van der Waals surface area contributed by atoms with Gasteiger partial charge in [-0.25, -0.2) is 9.98 Å². The molecule has 11 aromatic carbocycles. The predicted molar refractivity (Wildman–Crippen MR) is 301 cm³/mol. The third-order valence-electron chi connectivity index (χ3n) is 14.4. The first-order valence-electron chi connectivity index (χ1n) is 24.2. The van der Waals surface area contributed by atoms with Gasteiger partial charge in [0.15, 0.2) is 5.84 Å². The molecule has 0 saturated carbocycles. The fourth-order valence-electron chi connectivity index (χ4n) is 11.0. The van der Waals surface area contributed by atoms with Crippen molar-refractivity contribution in [3.63, 3.8) is 0 Å². The Morgan fingerprint density at radius 1 is 0.394 bits per heavy atom. The van der Waals surface area contributed by atoms with Gasteiger partial charge in [-0.05, 0) is 109 Å². The van der Waals surface area contributed by atoms with Crippen molar-refractivity contribution in [3.8, 4) is 39.1 Å². The number of fused-ring (bicyclic) bond motifs is 10. The van der Waals surface area contributed by atoms with Gasteiger partial charge in [-0.1, -0.05) is 194 Å². The van der Waals surface area contributed by atoms with E-state index in [0.717, 1.165) is 34.0 Å². The Labute approximate surface area is 415 Å². The highest BCUT2D eigenvalue weighted by molar-refractivity contribution is 7.26. The highest BCUT2D eigenvalue weighted by Crippen LogP contribution is 2.46. The molecular weight excluding hydrogens is 881 g/mol. The number of aliphatic imine (C=N–C) groups is 2. The van der Waals surface area contributed by atoms with Gasteiger partial charge in [-0.15, -0.1) is 11.3 Å². The van der Waals surface area contributed by atoms with Crippen LogP contribution in [0.15, 0.2) is 253 Å². The topological polar surface area (TPSA) is 32.9 Å². The Kier molecular flexibility index (Phi) is 9.64. The number of aromatic nitrogens is 1. The lowest BCUT2D eigenvalue weighted by Crippen LogP contribution is -2.35. The van der Waals surface area contributed by atoms with Gasteiger partial charge in [0.1, 0.15) is 12.0 Å². The van der Waals surface area contributed by atoms with Gasteiger partial charge in [0.05, 0.1) is 11.0 Å². The van der Waals surface area contributed by atoms with Crippen LogP contribution in [0.4, 0.5) is 0 Å². The molecule has 1 aliphatic heterocycles. The summed E-state index contributed by atoms with van der Waals surface area (Å²) in [4.78, 5) is 12.7. The van der Waals surface area contributed by atoms with Crippen LogP contribution in [0.1, 0.15) is 22.9 Å². The first kappa shape index (κ1) is 41.1. The quantitative estimate of drug-likeness (QED) is 0.157. The van der Waals surface area contributed by atoms with Crippen molar-refractivity contribution < 1.29 is 0 Å². The van der Waals surface area contributed by atoms with E-state index in [4.69, 9.17) is 9.98 Å². The fraction of sp³-hybridized carbons (Fsp3) is 0.0303. The molecule has 0 saturated heterocycles. The Bertz CT molecular complexity index is 4260. The molecule has 0 radical (unpaired) electrons. The van der Waals surface area contributed by atoms with E-state index in [2.05, 4.69) is 253 Å². The Morgan fingerprint density at radius 2 is 0.972 bits per heavy atom. The Hall–Kier alpha value is -8.90. The van der Waals surface area contributed by atoms with Gasteiger partial charge in [-0.3, -0.25) is 0 Å². The van der Waals surface area contributed by atoms with Crippen LogP contribution in [0.5, 0.6) is 0 Å². The van der Waals surface area contributed by atoms with Gasteiger partial charge >= 0.3 is 0 Å². The van der Waals surface area contributed by atoms with Crippen LogP contribution in [-0.4, -0.2) is 28.2 Å². The minimum atomic E-state index is -0.288. The monoisotopic (exact) mass is 924 g/mol. The second kappa shape index (κ2) is 16.7. The molecule has 0 aliphatic carbocycles. The number of benzene rings is 11. The second-order valence-corrected chi connectivity index (χ2v) is 19.6. The lowest BCUT2D eigenvalue weighted by Gasteiger charge is -2.32. The summed E-state index contributed by atoms with van der Waals surface area (Å²) in [6.07, 6.45) is -0.288. The van der Waals surface area contributed by atoms with Crippen molar-refractivity contribution in [1.29, 1.82) is 0 Å². The van der Waals surface area contributed by atoms with Crippen LogP contribution in [0.3, 0.4) is 0 Å². The predicted octanol–water partition coefficient (Wildman–Crippen LogP) is 17.3. The van der Waals surface area contributed by atoms with Crippen molar-refractivity contribution in [1.82, 2.24) is 9.47 Å². The van der Waals surface area contributed by atoms with E-state index >= 15 is 0 Å². The van der Waals surface area contributed by atoms with Crippen molar-refractivity contribution in [3.05, 3.63) is 259 Å². The number of amidine groups is 2. The van der Waals surface area contributed by atoms with E-state index in [9.17, 15) is 0 Å². The Balaban J connectivity index is 0.884. The highest BCUT2D eigenvalue weighted by atomic mass is 32.1. The summed E-state index contributed by atoms with van der Waals surface area (Å²) in [5.41, 5.74) is 13.9. The van der Waals surface area contributed by atoms with Crippen LogP contribution < -0.4 is 0 Å². The van der Waals surface area contributed by atoms with Crippen LogP contribution in [-0.2, 0) is 0 Å². The maximum atomic E-state index is 5.33. The lowest BCUT2D eigenvalue weighted by molar-refractivity contribution is 0.383. The van der Waals surface area contributed by atoms with Crippen molar-refractivity contribution in [2.24, 2.45) is 9.98 Å². The van der Waals surface area contributed by atoms with Gasteiger partial charge < -0.3 is 9.47 Å². The lowest BCUT2D eigenvalue weighted by atomic mass is 9.93. The average molecular weight is 925 g/mol. The normalized spacial score (nSPS) is 14.0. The third-order valence-corrected chi connectivity index (χ3v) is 15.6. The number of hydrogen-bond acceptors (Lipinski definition) is 4. The molecule has 3 heterocycles. The molecule has 4 nitrogen and oxygen atoms in total. The minimum absolute atomic E-state index is 0.288. The maximum absolute atomic E-state index is 5.33. The van der Waals surface area contributed by atoms with Gasteiger partial charge in [0.25, 0.3) is 0 Å². The third kappa shape index (κ3) is 6.88. The number of thiophene rings is 1. The van der Waals surface area contributed by atoms with Gasteiger partial charge in [0.2, 0.25) is 0 Å². The standard InChI is InChI=1S/C66H44N4S/c1-69-65(47-27-25-44(26-28-47)42-15-5-2-6-16-42)67-64(46-20-9-4-10-21-46)68-66(69)48-29-34-51(35-30-48)70-58-36-32-50(40-56(58)62-52-22-12-11-19-45(52)31-37-59(62)70)55-41-61-63(54-24-14-13-23-53(54)55)57-39-49(33-38-60(57)71-61)43-17-7-3-8-18-43/h2-41,66H,1H3. The minimum Gasteiger partial charge on any atom is -0.333 e. The summed E-state index contributed by atoms with van der Waals surface area (Å²) in [7, 11) is 2.10. The smallest absolute Gasteiger partial charge is 0.159 e. The zero-order valence-electron chi connectivity index (χ0n) is 38.9. The molecule has 1 unspecified atom stereocenters. The molecule has 0 N–H and O–H groups in total. The van der Waals surface area contributed by atoms with E-state index in [-0.39, 0.29) is 6.17 Å².